The first-order valence-electron chi connectivity index (χ1n) is 4.24. The molecule has 76 valence electrons. The van der Waals surface area contributed by atoms with Crippen LogP contribution in [0.15, 0.2) is 28.2 Å². The molecule has 0 saturated heterocycles. The van der Waals surface area contributed by atoms with Gasteiger partial charge in [0, 0.05) is 7.11 Å². The van der Waals surface area contributed by atoms with Crippen molar-refractivity contribution in [1.82, 2.24) is 0 Å². The summed E-state index contributed by atoms with van der Waals surface area (Å²) in [5.41, 5.74) is 3.36. The third-order valence-electron chi connectivity index (χ3n) is 1.63. The van der Waals surface area contributed by atoms with Crippen molar-refractivity contribution in [3.05, 3.63) is 29.3 Å². The summed E-state index contributed by atoms with van der Waals surface area (Å²) in [4.78, 5) is 7.66. The van der Waals surface area contributed by atoms with Crippen LogP contribution in [0.2, 0.25) is 0 Å². The van der Waals surface area contributed by atoms with Gasteiger partial charge in [0.25, 0.3) is 0 Å². The van der Waals surface area contributed by atoms with Crippen molar-refractivity contribution < 1.29 is 5.11 Å². The molecule has 1 aromatic carbocycles. The Hall–Kier alpha value is -1.48. The van der Waals surface area contributed by atoms with Gasteiger partial charge in [-0.3, -0.25) is 4.99 Å². The molecular weight excluding hydrogens is 176 g/mol. The molecule has 0 saturated carbocycles. The summed E-state index contributed by atoms with van der Waals surface area (Å²) in [6, 6.07) is 6.10. The fourth-order valence-corrected chi connectivity index (χ4v) is 1.05. The van der Waals surface area contributed by atoms with Gasteiger partial charge in [-0.15, -0.1) is 0 Å². The molecule has 1 rings (SSSR count). The Bertz CT molecular complexity index is 319. The standard InChI is InChI=1S/C10H12N2.CH4O/c1-8-4-5-10(9(2)6-8)12-7-11-3;1-2/h4-7H,3H2,1-2H3;2H,1H3. The second-order valence-corrected chi connectivity index (χ2v) is 2.72. The van der Waals surface area contributed by atoms with Crippen LogP contribution < -0.4 is 0 Å². The van der Waals surface area contributed by atoms with Crippen molar-refractivity contribution in [1.29, 1.82) is 0 Å². The maximum atomic E-state index is 7.00. The lowest BCUT2D eigenvalue weighted by atomic mass is 10.1. The number of benzene rings is 1. The van der Waals surface area contributed by atoms with Gasteiger partial charge in [0.1, 0.15) is 6.34 Å². The van der Waals surface area contributed by atoms with E-state index >= 15 is 0 Å². The van der Waals surface area contributed by atoms with E-state index in [-0.39, 0.29) is 0 Å². The lowest BCUT2D eigenvalue weighted by Crippen LogP contribution is -1.77. The minimum atomic E-state index is 0.952. The van der Waals surface area contributed by atoms with Gasteiger partial charge in [0.2, 0.25) is 0 Å². The van der Waals surface area contributed by atoms with E-state index in [1.165, 1.54) is 11.9 Å². The maximum Gasteiger partial charge on any atom is 0.115 e. The predicted octanol–water partition coefficient (Wildman–Crippen LogP) is 2.27. The second kappa shape index (κ2) is 6.97. The summed E-state index contributed by atoms with van der Waals surface area (Å²) in [5, 5.41) is 7.00. The average Bonchev–Trinajstić information content (AvgIpc) is 2.20. The number of aliphatic hydroxyl groups is 1. The van der Waals surface area contributed by atoms with Crippen LogP contribution in [0.1, 0.15) is 11.1 Å². The molecule has 0 atom stereocenters. The minimum Gasteiger partial charge on any atom is -0.400 e. The quantitative estimate of drug-likeness (QED) is 0.567. The number of aryl methyl sites for hydroxylation is 2. The summed E-state index contributed by atoms with van der Waals surface area (Å²) in [7, 11) is 1.00. The highest BCUT2D eigenvalue weighted by atomic mass is 16.2. The van der Waals surface area contributed by atoms with E-state index in [1.54, 1.807) is 0 Å². The van der Waals surface area contributed by atoms with Gasteiger partial charge >= 0.3 is 0 Å². The molecule has 0 spiro atoms. The van der Waals surface area contributed by atoms with E-state index < -0.39 is 0 Å². The number of aliphatic imine (C=N–C) groups is 2. The Balaban J connectivity index is 0.000000791. The van der Waals surface area contributed by atoms with Gasteiger partial charge in [0.05, 0.1) is 5.69 Å². The molecule has 0 aliphatic carbocycles. The molecule has 0 radical (unpaired) electrons. The van der Waals surface area contributed by atoms with Crippen LogP contribution in [0.25, 0.3) is 0 Å². The van der Waals surface area contributed by atoms with Crippen LogP contribution in [0.3, 0.4) is 0 Å². The Labute approximate surface area is 84.8 Å². The molecule has 14 heavy (non-hydrogen) atoms. The smallest absolute Gasteiger partial charge is 0.115 e. The van der Waals surface area contributed by atoms with E-state index in [9.17, 15) is 0 Å². The van der Waals surface area contributed by atoms with Crippen LogP contribution in [0.4, 0.5) is 5.69 Å². The van der Waals surface area contributed by atoms with Crippen molar-refractivity contribution in [2.45, 2.75) is 13.8 Å². The highest BCUT2D eigenvalue weighted by Gasteiger charge is 1.93. The number of nitrogens with zero attached hydrogens (tertiary/aromatic N) is 2. The third-order valence-corrected chi connectivity index (χ3v) is 1.63. The van der Waals surface area contributed by atoms with Gasteiger partial charge in [-0.1, -0.05) is 17.7 Å². The normalized spacial score (nSPS) is 9.43. The lowest BCUT2D eigenvalue weighted by molar-refractivity contribution is 0.399. The molecule has 0 fully saturated rings. The second-order valence-electron chi connectivity index (χ2n) is 2.72. The topological polar surface area (TPSA) is 45.0 Å². The molecule has 0 aliphatic rings. The monoisotopic (exact) mass is 192 g/mol. The van der Waals surface area contributed by atoms with Gasteiger partial charge in [-0.2, -0.15) is 0 Å². The van der Waals surface area contributed by atoms with Crippen molar-refractivity contribution in [3.8, 4) is 0 Å². The molecule has 0 unspecified atom stereocenters. The zero-order valence-electron chi connectivity index (χ0n) is 8.86. The summed E-state index contributed by atoms with van der Waals surface area (Å²) < 4.78 is 0. The van der Waals surface area contributed by atoms with Gasteiger partial charge in [-0.05, 0) is 32.2 Å². The Morgan fingerprint density at radius 3 is 2.43 bits per heavy atom. The summed E-state index contributed by atoms with van der Waals surface area (Å²) in [6.07, 6.45) is 1.46. The Morgan fingerprint density at radius 1 is 1.29 bits per heavy atom. The van der Waals surface area contributed by atoms with Crippen LogP contribution in [-0.2, 0) is 0 Å². The van der Waals surface area contributed by atoms with E-state index in [4.69, 9.17) is 5.11 Å². The molecule has 0 aliphatic heterocycles. The largest absolute Gasteiger partial charge is 0.400 e. The average molecular weight is 192 g/mol. The van der Waals surface area contributed by atoms with Crippen LogP contribution in [0.5, 0.6) is 0 Å². The number of rotatable bonds is 2. The predicted molar refractivity (Wildman–Crippen MR) is 61.8 cm³/mol. The molecule has 0 aromatic heterocycles. The first kappa shape index (κ1) is 12.5. The summed E-state index contributed by atoms with van der Waals surface area (Å²) >= 11 is 0. The third kappa shape index (κ3) is 3.96. The lowest BCUT2D eigenvalue weighted by Gasteiger charge is -1.99. The Morgan fingerprint density at radius 2 is 1.93 bits per heavy atom. The fourth-order valence-electron chi connectivity index (χ4n) is 1.05. The first-order chi connectivity index (χ1) is 6.74. The van der Waals surface area contributed by atoms with Gasteiger partial charge < -0.3 is 5.11 Å². The summed E-state index contributed by atoms with van der Waals surface area (Å²) in [5.74, 6) is 0. The molecule has 0 heterocycles. The molecule has 0 bridgehead atoms. The van der Waals surface area contributed by atoms with Crippen molar-refractivity contribution in [2.75, 3.05) is 7.11 Å². The Kier molecular flexibility index (Phi) is 6.24. The maximum absolute atomic E-state index is 7.00. The fraction of sp³-hybridized carbons (Fsp3) is 0.273. The molecule has 3 heteroatoms. The van der Waals surface area contributed by atoms with E-state index in [1.807, 2.05) is 19.1 Å². The molecule has 3 nitrogen and oxygen atoms in total. The SMILES string of the molecule is C=NC=Nc1ccc(C)cc1C.CO. The molecular formula is C11H16N2O. The highest BCUT2D eigenvalue weighted by Crippen LogP contribution is 2.18. The first-order valence-corrected chi connectivity index (χ1v) is 4.24. The van der Waals surface area contributed by atoms with E-state index in [2.05, 4.69) is 29.7 Å². The highest BCUT2D eigenvalue weighted by molar-refractivity contribution is 5.67. The van der Waals surface area contributed by atoms with Gasteiger partial charge in [0.15, 0.2) is 0 Å². The molecule has 0 amide bonds. The van der Waals surface area contributed by atoms with E-state index in [0.29, 0.717) is 0 Å². The van der Waals surface area contributed by atoms with Crippen LogP contribution in [0, 0.1) is 13.8 Å². The number of hydrogen-bond donors (Lipinski definition) is 1. The zero-order valence-corrected chi connectivity index (χ0v) is 8.86. The van der Waals surface area contributed by atoms with Crippen molar-refractivity contribution in [3.63, 3.8) is 0 Å². The van der Waals surface area contributed by atoms with E-state index in [0.717, 1.165) is 18.4 Å². The minimum absolute atomic E-state index is 0.952. The molecule has 1 N–H and O–H groups in total. The van der Waals surface area contributed by atoms with Crippen LogP contribution in [-0.4, -0.2) is 25.3 Å². The molecule has 1 aromatic rings. The zero-order chi connectivity index (χ0) is 11.0. The number of aliphatic hydroxyl groups excluding tert-OH is 1. The van der Waals surface area contributed by atoms with Crippen molar-refractivity contribution in [2.24, 2.45) is 9.98 Å². The van der Waals surface area contributed by atoms with Gasteiger partial charge in [-0.25, -0.2) is 4.99 Å². The number of hydrogen-bond acceptors (Lipinski definition) is 2. The van der Waals surface area contributed by atoms with Crippen LogP contribution >= 0.6 is 0 Å². The summed E-state index contributed by atoms with van der Waals surface area (Å²) in [6.45, 7) is 7.42. The van der Waals surface area contributed by atoms with Crippen molar-refractivity contribution >= 4 is 18.7 Å².